The molecule has 94 valence electrons. The maximum Gasteiger partial charge on any atom is 0.253 e. The Morgan fingerprint density at radius 3 is 2.65 bits per heavy atom. The van der Waals surface area contributed by atoms with Crippen LogP contribution in [0.5, 0.6) is 0 Å². The van der Waals surface area contributed by atoms with Gasteiger partial charge in [0, 0.05) is 19.1 Å². The number of carbonyl (C=O) groups excluding carboxylic acids is 1. The van der Waals surface area contributed by atoms with Gasteiger partial charge < -0.3 is 10.6 Å². The largest absolute Gasteiger partial charge is 0.351 e. The second-order valence-corrected chi connectivity index (χ2v) is 4.35. The first kappa shape index (κ1) is 13.6. The van der Waals surface area contributed by atoms with Gasteiger partial charge in [-0.3, -0.25) is 4.79 Å². The zero-order valence-corrected chi connectivity index (χ0v) is 10.9. The monoisotopic (exact) mass is 236 g/mol. The average Bonchev–Trinajstić information content (AvgIpc) is 2.27. The van der Waals surface area contributed by atoms with Crippen molar-refractivity contribution in [3.8, 4) is 0 Å². The molecule has 0 radical (unpaired) electrons. The van der Waals surface area contributed by atoms with Gasteiger partial charge in [0.05, 0.1) is 17.0 Å². The van der Waals surface area contributed by atoms with Gasteiger partial charge in [0.25, 0.3) is 5.91 Å². The Hall–Kier alpha value is -1.49. The Balaban J connectivity index is 2.49. The minimum Gasteiger partial charge on any atom is -0.351 e. The molecule has 5 nitrogen and oxygen atoms in total. The van der Waals surface area contributed by atoms with Crippen molar-refractivity contribution in [1.29, 1.82) is 0 Å². The SMILES string of the molecule is Cc1cc(C(=O)NCCNC(C)C)c(C)nn1. The number of aromatic nitrogens is 2. The van der Waals surface area contributed by atoms with Crippen molar-refractivity contribution < 1.29 is 4.79 Å². The van der Waals surface area contributed by atoms with Crippen LogP contribution in [0.25, 0.3) is 0 Å². The molecule has 5 heteroatoms. The first-order valence-electron chi connectivity index (χ1n) is 5.83. The standard InChI is InChI=1S/C12H20N4O/c1-8(2)13-5-6-14-12(17)11-7-9(3)15-16-10(11)4/h7-8,13H,5-6H2,1-4H3,(H,14,17). The summed E-state index contributed by atoms with van der Waals surface area (Å²) in [7, 11) is 0. The van der Waals surface area contributed by atoms with Crippen LogP contribution in [0, 0.1) is 13.8 Å². The van der Waals surface area contributed by atoms with Gasteiger partial charge in [-0.2, -0.15) is 10.2 Å². The molecule has 0 unspecified atom stereocenters. The highest BCUT2D eigenvalue weighted by molar-refractivity contribution is 5.95. The molecule has 1 rings (SSSR count). The van der Waals surface area contributed by atoms with E-state index in [9.17, 15) is 4.79 Å². The van der Waals surface area contributed by atoms with Crippen molar-refractivity contribution in [2.45, 2.75) is 33.7 Å². The third-order valence-corrected chi connectivity index (χ3v) is 2.31. The summed E-state index contributed by atoms with van der Waals surface area (Å²) >= 11 is 0. The topological polar surface area (TPSA) is 66.9 Å². The molecular weight excluding hydrogens is 216 g/mol. The molecule has 0 atom stereocenters. The van der Waals surface area contributed by atoms with E-state index >= 15 is 0 Å². The van der Waals surface area contributed by atoms with Crippen LogP contribution in [0.3, 0.4) is 0 Å². The number of hydrogen-bond donors (Lipinski definition) is 2. The minimum absolute atomic E-state index is 0.0916. The molecule has 1 aromatic heterocycles. The summed E-state index contributed by atoms with van der Waals surface area (Å²) < 4.78 is 0. The van der Waals surface area contributed by atoms with Crippen molar-refractivity contribution in [3.05, 3.63) is 23.0 Å². The normalized spacial score (nSPS) is 10.6. The molecule has 0 aromatic carbocycles. The highest BCUT2D eigenvalue weighted by Gasteiger charge is 2.10. The number of nitrogens with zero attached hydrogens (tertiary/aromatic N) is 2. The van der Waals surface area contributed by atoms with Crippen LogP contribution >= 0.6 is 0 Å². The lowest BCUT2D eigenvalue weighted by atomic mass is 10.2. The Kier molecular flexibility index (Phi) is 5.03. The Labute approximate surface area is 102 Å². The van der Waals surface area contributed by atoms with Crippen LogP contribution in [0.2, 0.25) is 0 Å². The maximum atomic E-state index is 11.9. The summed E-state index contributed by atoms with van der Waals surface area (Å²) in [6, 6.07) is 2.19. The maximum absolute atomic E-state index is 11.9. The third kappa shape index (κ3) is 4.48. The number of aryl methyl sites for hydroxylation is 2. The molecule has 0 bridgehead atoms. The van der Waals surface area contributed by atoms with Crippen LogP contribution in [0.15, 0.2) is 6.07 Å². The molecule has 0 aliphatic rings. The first-order chi connectivity index (χ1) is 8.00. The van der Waals surface area contributed by atoms with Crippen molar-refractivity contribution in [3.63, 3.8) is 0 Å². The average molecular weight is 236 g/mol. The van der Waals surface area contributed by atoms with Gasteiger partial charge in [0.15, 0.2) is 0 Å². The number of amides is 1. The van der Waals surface area contributed by atoms with Crippen LogP contribution < -0.4 is 10.6 Å². The second kappa shape index (κ2) is 6.30. The van der Waals surface area contributed by atoms with Crippen molar-refractivity contribution in [1.82, 2.24) is 20.8 Å². The summed E-state index contributed by atoms with van der Waals surface area (Å²) in [5, 5.41) is 13.9. The fraction of sp³-hybridized carbons (Fsp3) is 0.583. The fourth-order valence-corrected chi connectivity index (χ4v) is 1.41. The summed E-state index contributed by atoms with van der Waals surface area (Å²) in [5.41, 5.74) is 2.01. The highest BCUT2D eigenvalue weighted by Crippen LogP contribution is 2.04. The molecule has 1 heterocycles. The molecule has 0 aliphatic carbocycles. The zero-order valence-electron chi connectivity index (χ0n) is 10.9. The van der Waals surface area contributed by atoms with Gasteiger partial charge >= 0.3 is 0 Å². The van der Waals surface area contributed by atoms with Gasteiger partial charge in [-0.1, -0.05) is 13.8 Å². The molecule has 0 aliphatic heterocycles. The quantitative estimate of drug-likeness (QED) is 0.743. The zero-order chi connectivity index (χ0) is 12.8. The van der Waals surface area contributed by atoms with Crippen molar-refractivity contribution >= 4 is 5.91 Å². The fourth-order valence-electron chi connectivity index (χ4n) is 1.41. The van der Waals surface area contributed by atoms with Crippen molar-refractivity contribution in [2.75, 3.05) is 13.1 Å². The van der Waals surface area contributed by atoms with Gasteiger partial charge in [-0.25, -0.2) is 0 Å². The number of nitrogens with one attached hydrogen (secondary N) is 2. The van der Waals surface area contributed by atoms with E-state index in [2.05, 4.69) is 34.7 Å². The Bertz CT molecular complexity index is 390. The van der Waals surface area contributed by atoms with E-state index in [4.69, 9.17) is 0 Å². The Morgan fingerprint density at radius 2 is 2.00 bits per heavy atom. The molecule has 17 heavy (non-hydrogen) atoms. The lowest BCUT2D eigenvalue weighted by molar-refractivity contribution is 0.0952. The Morgan fingerprint density at radius 1 is 1.29 bits per heavy atom. The lowest BCUT2D eigenvalue weighted by Crippen LogP contribution is -2.35. The van der Waals surface area contributed by atoms with E-state index in [0.717, 1.165) is 12.2 Å². The van der Waals surface area contributed by atoms with Crippen molar-refractivity contribution in [2.24, 2.45) is 0 Å². The summed E-state index contributed by atoms with van der Waals surface area (Å²) in [6.07, 6.45) is 0. The van der Waals surface area contributed by atoms with E-state index in [1.54, 1.807) is 13.0 Å². The molecule has 1 amide bonds. The van der Waals surface area contributed by atoms with Crippen LogP contribution in [0.1, 0.15) is 35.6 Å². The number of hydrogen-bond acceptors (Lipinski definition) is 4. The lowest BCUT2D eigenvalue weighted by Gasteiger charge is -2.10. The third-order valence-electron chi connectivity index (χ3n) is 2.31. The predicted molar refractivity (Wildman–Crippen MR) is 67.0 cm³/mol. The van der Waals surface area contributed by atoms with E-state index in [0.29, 0.717) is 23.8 Å². The van der Waals surface area contributed by atoms with Crippen LogP contribution in [-0.2, 0) is 0 Å². The number of carbonyl (C=O) groups is 1. The molecule has 0 fully saturated rings. The van der Waals surface area contributed by atoms with Gasteiger partial charge in [-0.05, 0) is 19.9 Å². The second-order valence-electron chi connectivity index (χ2n) is 4.35. The van der Waals surface area contributed by atoms with Crippen LogP contribution in [0.4, 0.5) is 0 Å². The molecule has 2 N–H and O–H groups in total. The van der Waals surface area contributed by atoms with Gasteiger partial charge in [-0.15, -0.1) is 0 Å². The smallest absolute Gasteiger partial charge is 0.253 e. The van der Waals surface area contributed by atoms with Gasteiger partial charge in [0.1, 0.15) is 0 Å². The summed E-state index contributed by atoms with van der Waals surface area (Å²) in [5.74, 6) is -0.0916. The molecular formula is C12H20N4O. The first-order valence-corrected chi connectivity index (χ1v) is 5.83. The summed E-state index contributed by atoms with van der Waals surface area (Å²) in [4.78, 5) is 11.9. The minimum atomic E-state index is -0.0916. The summed E-state index contributed by atoms with van der Waals surface area (Å²) in [6.45, 7) is 9.12. The highest BCUT2D eigenvalue weighted by atomic mass is 16.1. The van der Waals surface area contributed by atoms with Gasteiger partial charge in [0.2, 0.25) is 0 Å². The number of rotatable bonds is 5. The van der Waals surface area contributed by atoms with E-state index in [1.807, 2.05) is 6.92 Å². The van der Waals surface area contributed by atoms with E-state index in [1.165, 1.54) is 0 Å². The van der Waals surface area contributed by atoms with Crippen LogP contribution in [-0.4, -0.2) is 35.2 Å². The van der Waals surface area contributed by atoms with E-state index in [-0.39, 0.29) is 5.91 Å². The molecule has 0 saturated carbocycles. The van der Waals surface area contributed by atoms with E-state index < -0.39 is 0 Å². The predicted octanol–water partition coefficient (Wildman–Crippen LogP) is 0.821. The molecule has 0 saturated heterocycles. The molecule has 1 aromatic rings. The molecule has 0 spiro atoms.